The fraction of sp³-hybridized carbons (Fsp3) is 0.267. The van der Waals surface area contributed by atoms with Crippen LogP contribution in [0.25, 0.3) is 0 Å². The van der Waals surface area contributed by atoms with Gasteiger partial charge in [0.2, 0.25) is 5.91 Å². The van der Waals surface area contributed by atoms with E-state index >= 15 is 0 Å². The molecule has 5 nitrogen and oxygen atoms in total. The van der Waals surface area contributed by atoms with Crippen LogP contribution in [0.15, 0.2) is 23.6 Å². The average Bonchev–Trinajstić information content (AvgIpc) is 2.94. The van der Waals surface area contributed by atoms with E-state index in [-0.39, 0.29) is 18.1 Å². The molecule has 1 amide bonds. The second-order valence-corrected chi connectivity index (χ2v) is 5.48. The first-order chi connectivity index (χ1) is 10.5. The molecule has 0 saturated heterocycles. The van der Waals surface area contributed by atoms with E-state index in [2.05, 4.69) is 10.3 Å². The predicted molar refractivity (Wildman–Crippen MR) is 81.3 cm³/mol. The Hall–Kier alpha value is -2.28. The van der Waals surface area contributed by atoms with Gasteiger partial charge in [-0.15, -0.1) is 11.3 Å². The number of rotatable bonds is 5. The lowest BCUT2D eigenvalue weighted by Crippen LogP contribution is -2.11. The number of hydrogen-bond acceptors (Lipinski definition) is 5. The third-order valence-electron chi connectivity index (χ3n) is 2.76. The van der Waals surface area contributed by atoms with Crippen LogP contribution >= 0.6 is 11.3 Å². The molecule has 0 aliphatic carbocycles. The molecule has 0 unspecified atom stereocenters. The first-order valence-electron chi connectivity index (χ1n) is 6.67. The molecule has 0 radical (unpaired) electrons. The summed E-state index contributed by atoms with van der Waals surface area (Å²) in [5.74, 6) is -1.80. The number of esters is 1. The minimum atomic E-state index is -0.796. The molecule has 0 spiro atoms. The number of amides is 1. The minimum absolute atomic E-state index is 0.0147. The maximum Gasteiger partial charge on any atom is 0.341 e. The van der Waals surface area contributed by atoms with Gasteiger partial charge < -0.3 is 10.1 Å². The van der Waals surface area contributed by atoms with Crippen LogP contribution in [-0.4, -0.2) is 16.9 Å². The van der Waals surface area contributed by atoms with Crippen LogP contribution in [0.4, 0.5) is 10.1 Å². The number of nitrogens with one attached hydrogen (secondary N) is 1. The number of thiazole rings is 1. The van der Waals surface area contributed by atoms with Crippen LogP contribution in [0.3, 0.4) is 0 Å². The second kappa shape index (κ2) is 7.13. The number of ether oxygens (including phenoxy) is 1. The highest BCUT2D eigenvalue weighted by molar-refractivity contribution is 7.09. The number of aryl methyl sites for hydroxylation is 1. The van der Waals surface area contributed by atoms with Crippen LogP contribution in [-0.2, 0) is 22.6 Å². The summed E-state index contributed by atoms with van der Waals surface area (Å²) in [5.41, 5.74) is 0.744. The fourth-order valence-corrected chi connectivity index (χ4v) is 2.49. The molecule has 0 aliphatic heterocycles. The molecule has 1 N–H and O–H groups in total. The van der Waals surface area contributed by atoms with Crippen molar-refractivity contribution < 1.29 is 18.7 Å². The van der Waals surface area contributed by atoms with Crippen molar-refractivity contribution in [2.24, 2.45) is 0 Å². The summed E-state index contributed by atoms with van der Waals surface area (Å²) in [7, 11) is 0. The van der Waals surface area contributed by atoms with Crippen molar-refractivity contribution in [2.75, 3.05) is 5.32 Å². The van der Waals surface area contributed by atoms with E-state index in [1.165, 1.54) is 30.4 Å². The third-order valence-corrected chi connectivity index (χ3v) is 3.80. The summed E-state index contributed by atoms with van der Waals surface area (Å²) >= 11 is 1.49. The third kappa shape index (κ3) is 4.11. The fourth-order valence-electron chi connectivity index (χ4n) is 1.76. The largest absolute Gasteiger partial charge is 0.455 e. The van der Waals surface area contributed by atoms with E-state index in [1.807, 2.05) is 6.92 Å². The van der Waals surface area contributed by atoms with Gasteiger partial charge in [-0.3, -0.25) is 4.79 Å². The van der Waals surface area contributed by atoms with Gasteiger partial charge in [-0.2, -0.15) is 0 Å². The van der Waals surface area contributed by atoms with Gasteiger partial charge in [-0.05, 0) is 24.6 Å². The number of nitrogens with zero attached hydrogens (tertiary/aromatic N) is 1. The summed E-state index contributed by atoms with van der Waals surface area (Å²) in [4.78, 5) is 27.2. The molecule has 0 saturated carbocycles. The van der Waals surface area contributed by atoms with Gasteiger partial charge in [0.15, 0.2) is 0 Å². The molecular weight excluding hydrogens is 307 g/mol. The van der Waals surface area contributed by atoms with Crippen LogP contribution in [0.1, 0.15) is 34.9 Å². The normalized spacial score (nSPS) is 10.3. The summed E-state index contributed by atoms with van der Waals surface area (Å²) < 4.78 is 18.8. The van der Waals surface area contributed by atoms with Crippen molar-refractivity contribution in [1.29, 1.82) is 0 Å². The maximum absolute atomic E-state index is 13.7. The van der Waals surface area contributed by atoms with Crippen molar-refractivity contribution in [3.63, 3.8) is 0 Å². The van der Waals surface area contributed by atoms with Gasteiger partial charge in [0.05, 0.1) is 16.3 Å². The molecule has 2 rings (SSSR count). The Kier molecular flexibility index (Phi) is 5.21. The number of halogens is 1. The maximum atomic E-state index is 13.7. The highest BCUT2D eigenvalue weighted by atomic mass is 32.1. The number of carbonyl (C=O) groups excluding carboxylic acids is 2. The van der Waals surface area contributed by atoms with Gasteiger partial charge in [-0.1, -0.05) is 6.92 Å². The zero-order valence-electron chi connectivity index (χ0n) is 12.2. The van der Waals surface area contributed by atoms with Gasteiger partial charge in [-0.25, -0.2) is 14.2 Å². The standard InChI is InChI=1S/C15H15FN2O3S/c1-3-14-18-11(8-22-14)7-21-15(20)12-6-10(17-9(2)19)4-5-13(12)16/h4-6,8H,3,7H2,1-2H3,(H,17,19). The molecule has 0 fully saturated rings. The van der Waals surface area contributed by atoms with Crippen molar-refractivity contribution in [3.05, 3.63) is 45.7 Å². The zero-order chi connectivity index (χ0) is 16.1. The zero-order valence-corrected chi connectivity index (χ0v) is 13.0. The van der Waals surface area contributed by atoms with Gasteiger partial charge in [0.1, 0.15) is 12.4 Å². The predicted octanol–water partition coefficient (Wildman–Crippen LogP) is 3.16. The Morgan fingerprint density at radius 3 is 2.82 bits per heavy atom. The van der Waals surface area contributed by atoms with Crippen molar-refractivity contribution >= 4 is 28.9 Å². The number of carbonyl (C=O) groups is 2. The van der Waals surface area contributed by atoms with E-state index < -0.39 is 11.8 Å². The molecular formula is C15H15FN2O3S. The summed E-state index contributed by atoms with van der Waals surface area (Å²) in [6.07, 6.45) is 0.812. The molecule has 7 heteroatoms. The van der Waals surface area contributed by atoms with Gasteiger partial charge in [0, 0.05) is 18.0 Å². The molecule has 1 heterocycles. The van der Waals surface area contributed by atoms with E-state index in [0.29, 0.717) is 11.4 Å². The van der Waals surface area contributed by atoms with Gasteiger partial charge >= 0.3 is 5.97 Å². The molecule has 116 valence electrons. The summed E-state index contributed by atoms with van der Waals surface area (Å²) in [6, 6.07) is 3.74. The van der Waals surface area contributed by atoms with E-state index in [1.54, 1.807) is 5.38 Å². The lowest BCUT2D eigenvalue weighted by atomic mass is 10.2. The molecule has 0 atom stereocenters. The molecule has 2 aromatic rings. The SMILES string of the molecule is CCc1nc(COC(=O)c2cc(NC(C)=O)ccc2F)cs1. The molecule has 1 aromatic carbocycles. The lowest BCUT2D eigenvalue weighted by molar-refractivity contribution is -0.114. The second-order valence-electron chi connectivity index (χ2n) is 4.54. The van der Waals surface area contributed by atoms with Crippen molar-refractivity contribution in [3.8, 4) is 0 Å². The number of benzene rings is 1. The van der Waals surface area contributed by atoms with Gasteiger partial charge in [0.25, 0.3) is 0 Å². The van der Waals surface area contributed by atoms with E-state index in [9.17, 15) is 14.0 Å². The number of hydrogen-bond donors (Lipinski definition) is 1. The average molecular weight is 322 g/mol. The summed E-state index contributed by atoms with van der Waals surface area (Å²) in [6.45, 7) is 3.30. The van der Waals surface area contributed by atoms with Crippen molar-refractivity contribution in [1.82, 2.24) is 4.98 Å². The van der Waals surface area contributed by atoms with Crippen LogP contribution in [0, 0.1) is 5.82 Å². The van der Waals surface area contributed by atoms with Crippen LogP contribution < -0.4 is 5.32 Å². The van der Waals surface area contributed by atoms with Crippen LogP contribution in [0.2, 0.25) is 0 Å². The molecule has 1 aromatic heterocycles. The van der Waals surface area contributed by atoms with Crippen molar-refractivity contribution in [2.45, 2.75) is 26.9 Å². The number of anilines is 1. The Bertz CT molecular complexity index is 700. The first-order valence-corrected chi connectivity index (χ1v) is 7.55. The van der Waals surface area contributed by atoms with E-state index in [0.717, 1.165) is 17.5 Å². The monoisotopic (exact) mass is 322 g/mol. The molecule has 0 bridgehead atoms. The highest BCUT2D eigenvalue weighted by Crippen LogP contribution is 2.17. The Morgan fingerprint density at radius 2 is 2.18 bits per heavy atom. The highest BCUT2D eigenvalue weighted by Gasteiger charge is 2.15. The smallest absolute Gasteiger partial charge is 0.341 e. The van der Waals surface area contributed by atoms with Crippen LogP contribution in [0.5, 0.6) is 0 Å². The molecule has 22 heavy (non-hydrogen) atoms. The quantitative estimate of drug-likeness (QED) is 0.859. The minimum Gasteiger partial charge on any atom is -0.455 e. The lowest BCUT2D eigenvalue weighted by Gasteiger charge is -2.07. The number of aromatic nitrogens is 1. The topological polar surface area (TPSA) is 68.3 Å². The molecule has 0 aliphatic rings. The first kappa shape index (κ1) is 16.1. The Morgan fingerprint density at radius 1 is 1.41 bits per heavy atom. The Balaban J connectivity index is 2.06. The summed E-state index contributed by atoms with van der Waals surface area (Å²) in [5, 5.41) is 5.24. The van der Waals surface area contributed by atoms with E-state index in [4.69, 9.17) is 4.74 Å². The Labute approximate surface area is 131 Å².